The molecule has 0 aliphatic carbocycles. The SMILES string of the molecule is Cc1cc(-c2cc(C(=O)NC(C)C3CCCO3)c3cnn(C(C)C)c3n2)c(C)s1. The molecule has 0 aromatic carbocycles. The Balaban J connectivity index is 1.79. The second-order valence-corrected chi connectivity index (χ2v) is 9.58. The number of fused-ring (bicyclic) bond motifs is 1. The predicted molar refractivity (Wildman–Crippen MR) is 117 cm³/mol. The van der Waals surface area contributed by atoms with Crippen LogP contribution in [0.1, 0.15) is 59.8 Å². The largest absolute Gasteiger partial charge is 0.376 e. The van der Waals surface area contributed by atoms with Gasteiger partial charge in [-0.1, -0.05) is 0 Å². The molecule has 4 rings (SSSR count). The van der Waals surface area contributed by atoms with Crippen LogP contribution in [-0.2, 0) is 4.74 Å². The number of hydrogen-bond acceptors (Lipinski definition) is 5. The number of carbonyl (C=O) groups is 1. The van der Waals surface area contributed by atoms with E-state index in [9.17, 15) is 4.79 Å². The van der Waals surface area contributed by atoms with Gasteiger partial charge < -0.3 is 10.1 Å². The molecule has 1 saturated heterocycles. The summed E-state index contributed by atoms with van der Waals surface area (Å²) in [5, 5.41) is 8.43. The number of aromatic nitrogens is 3. The molecule has 0 radical (unpaired) electrons. The van der Waals surface area contributed by atoms with Crippen molar-refractivity contribution in [3.8, 4) is 11.3 Å². The quantitative estimate of drug-likeness (QED) is 0.662. The Kier molecular flexibility index (Phi) is 5.44. The summed E-state index contributed by atoms with van der Waals surface area (Å²) in [6.07, 6.45) is 3.86. The average molecular weight is 413 g/mol. The summed E-state index contributed by atoms with van der Waals surface area (Å²) in [4.78, 5) is 20.6. The number of rotatable bonds is 5. The molecule has 1 aliphatic rings. The van der Waals surface area contributed by atoms with E-state index >= 15 is 0 Å². The second kappa shape index (κ2) is 7.88. The smallest absolute Gasteiger partial charge is 0.252 e. The van der Waals surface area contributed by atoms with Gasteiger partial charge in [0.25, 0.3) is 5.91 Å². The summed E-state index contributed by atoms with van der Waals surface area (Å²) in [6.45, 7) is 11.1. The third kappa shape index (κ3) is 3.81. The molecule has 3 aromatic rings. The van der Waals surface area contributed by atoms with Crippen LogP contribution in [-0.4, -0.2) is 39.4 Å². The topological polar surface area (TPSA) is 69.0 Å². The Labute approximate surface area is 175 Å². The minimum Gasteiger partial charge on any atom is -0.376 e. The summed E-state index contributed by atoms with van der Waals surface area (Å²) in [6, 6.07) is 4.16. The van der Waals surface area contributed by atoms with Gasteiger partial charge in [-0.15, -0.1) is 11.3 Å². The van der Waals surface area contributed by atoms with Gasteiger partial charge in [0, 0.05) is 28.0 Å². The highest BCUT2D eigenvalue weighted by Gasteiger charge is 2.26. The fraction of sp³-hybridized carbons (Fsp3) is 0.500. The molecule has 6 nitrogen and oxygen atoms in total. The molecule has 154 valence electrons. The molecule has 4 heterocycles. The zero-order valence-corrected chi connectivity index (χ0v) is 18.5. The standard InChI is InChI=1S/C22H28N4O2S/c1-12(2)26-21-18(11-23-26)17(22(27)24-14(4)20-7-6-8-28-20)10-19(25-21)16-9-13(3)29-15(16)5/h9-12,14,20H,6-8H2,1-5H3,(H,24,27). The van der Waals surface area contributed by atoms with E-state index in [4.69, 9.17) is 9.72 Å². The van der Waals surface area contributed by atoms with Crippen molar-refractivity contribution in [2.45, 2.75) is 65.6 Å². The Morgan fingerprint density at radius 3 is 2.72 bits per heavy atom. The Morgan fingerprint density at radius 2 is 2.10 bits per heavy atom. The number of nitrogens with one attached hydrogen (secondary N) is 1. The number of carbonyl (C=O) groups excluding carboxylic acids is 1. The van der Waals surface area contributed by atoms with Gasteiger partial charge in [-0.2, -0.15) is 5.10 Å². The molecular weight excluding hydrogens is 384 g/mol. The van der Waals surface area contributed by atoms with Gasteiger partial charge in [-0.25, -0.2) is 9.67 Å². The van der Waals surface area contributed by atoms with Crippen LogP contribution in [0.4, 0.5) is 0 Å². The molecule has 1 aliphatic heterocycles. The van der Waals surface area contributed by atoms with E-state index in [0.717, 1.165) is 41.7 Å². The summed E-state index contributed by atoms with van der Waals surface area (Å²) < 4.78 is 7.63. The van der Waals surface area contributed by atoms with E-state index in [1.54, 1.807) is 17.5 Å². The maximum atomic E-state index is 13.2. The monoisotopic (exact) mass is 412 g/mol. The van der Waals surface area contributed by atoms with E-state index < -0.39 is 0 Å². The molecule has 0 bridgehead atoms. The Bertz CT molecular complexity index is 1050. The Morgan fingerprint density at radius 1 is 1.31 bits per heavy atom. The fourth-order valence-corrected chi connectivity index (χ4v) is 4.91. The van der Waals surface area contributed by atoms with Gasteiger partial charge in [0.15, 0.2) is 5.65 Å². The predicted octanol–water partition coefficient (Wildman–Crippen LogP) is 4.65. The molecule has 7 heteroatoms. The molecule has 29 heavy (non-hydrogen) atoms. The fourth-order valence-electron chi connectivity index (χ4n) is 3.98. The minimum atomic E-state index is -0.102. The summed E-state index contributed by atoms with van der Waals surface area (Å²) >= 11 is 1.74. The van der Waals surface area contributed by atoms with E-state index in [2.05, 4.69) is 44.2 Å². The van der Waals surface area contributed by atoms with E-state index in [0.29, 0.717) is 5.56 Å². The van der Waals surface area contributed by atoms with Gasteiger partial charge in [-0.3, -0.25) is 4.79 Å². The highest BCUT2D eigenvalue weighted by atomic mass is 32.1. The van der Waals surface area contributed by atoms with Gasteiger partial charge in [0.1, 0.15) is 0 Å². The van der Waals surface area contributed by atoms with Crippen molar-refractivity contribution >= 4 is 28.3 Å². The number of hydrogen-bond donors (Lipinski definition) is 1. The number of ether oxygens (including phenoxy) is 1. The first-order chi connectivity index (χ1) is 13.8. The third-order valence-corrected chi connectivity index (χ3v) is 6.46. The number of nitrogens with zero attached hydrogens (tertiary/aromatic N) is 3. The summed E-state index contributed by atoms with van der Waals surface area (Å²) in [7, 11) is 0. The van der Waals surface area contributed by atoms with Crippen LogP contribution in [0.2, 0.25) is 0 Å². The van der Waals surface area contributed by atoms with Gasteiger partial charge in [0.05, 0.1) is 35.0 Å². The van der Waals surface area contributed by atoms with E-state index in [1.807, 2.05) is 17.7 Å². The van der Waals surface area contributed by atoms with Crippen molar-refractivity contribution in [1.29, 1.82) is 0 Å². The highest BCUT2D eigenvalue weighted by Crippen LogP contribution is 2.32. The number of pyridine rings is 1. The molecule has 1 N–H and O–H groups in total. The lowest BCUT2D eigenvalue weighted by Crippen LogP contribution is -2.40. The lowest BCUT2D eigenvalue weighted by Gasteiger charge is -2.20. The summed E-state index contributed by atoms with van der Waals surface area (Å²) in [5.41, 5.74) is 3.25. The molecular formula is C22H28N4O2S. The maximum Gasteiger partial charge on any atom is 0.252 e. The normalized spacial score (nSPS) is 17.9. The van der Waals surface area contributed by atoms with Crippen molar-refractivity contribution in [3.05, 3.63) is 33.6 Å². The van der Waals surface area contributed by atoms with Crippen LogP contribution in [0, 0.1) is 13.8 Å². The minimum absolute atomic E-state index is 0.0399. The van der Waals surface area contributed by atoms with Crippen LogP contribution in [0.15, 0.2) is 18.3 Å². The van der Waals surface area contributed by atoms with Crippen molar-refractivity contribution in [2.75, 3.05) is 6.61 Å². The average Bonchev–Trinajstić information content (AvgIpc) is 3.39. The number of aryl methyl sites for hydroxylation is 2. The van der Waals surface area contributed by atoms with Crippen LogP contribution in [0.25, 0.3) is 22.3 Å². The van der Waals surface area contributed by atoms with Crippen LogP contribution in [0.5, 0.6) is 0 Å². The zero-order valence-electron chi connectivity index (χ0n) is 17.7. The van der Waals surface area contributed by atoms with Crippen molar-refractivity contribution in [2.24, 2.45) is 0 Å². The zero-order chi connectivity index (χ0) is 20.7. The van der Waals surface area contributed by atoms with E-state index in [1.165, 1.54) is 9.75 Å². The number of amides is 1. The number of thiophene rings is 1. The lowest BCUT2D eigenvalue weighted by atomic mass is 10.1. The molecule has 2 atom stereocenters. The first kappa shape index (κ1) is 20.0. The molecule has 1 fully saturated rings. The molecule has 0 spiro atoms. The first-order valence-electron chi connectivity index (χ1n) is 10.2. The third-order valence-electron chi connectivity index (χ3n) is 5.50. The highest BCUT2D eigenvalue weighted by molar-refractivity contribution is 7.12. The van der Waals surface area contributed by atoms with Crippen LogP contribution >= 0.6 is 11.3 Å². The van der Waals surface area contributed by atoms with Gasteiger partial charge in [0.2, 0.25) is 0 Å². The Hall–Kier alpha value is -2.25. The first-order valence-corrected chi connectivity index (χ1v) is 11.0. The molecule has 3 aromatic heterocycles. The van der Waals surface area contributed by atoms with Crippen LogP contribution < -0.4 is 5.32 Å². The van der Waals surface area contributed by atoms with Crippen LogP contribution in [0.3, 0.4) is 0 Å². The molecule has 1 amide bonds. The molecule has 0 saturated carbocycles. The lowest BCUT2D eigenvalue weighted by molar-refractivity contribution is 0.0713. The van der Waals surface area contributed by atoms with E-state index in [-0.39, 0.29) is 24.1 Å². The maximum absolute atomic E-state index is 13.2. The summed E-state index contributed by atoms with van der Waals surface area (Å²) in [5.74, 6) is -0.102. The van der Waals surface area contributed by atoms with Crippen molar-refractivity contribution in [1.82, 2.24) is 20.1 Å². The van der Waals surface area contributed by atoms with Crippen molar-refractivity contribution in [3.63, 3.8) is 0 Å². The second-order valence-electron chi connectivity index (χ2n) is 8.12. The van der Waals surface area contributed by atoms with Crippen molar-refractivity contribution < 1.29 is 9.53 Å². The van der Waals surface area contributed by atoms with Gasteiger partial charge >= 0.3 is 0 Å². The van der Waals surface area contributed by atoms with Gasteiger partial charge in [-0.05, 0) is 59.6 Å². The molecule has 2 unspecified atom stereocenters.